The van der Waals surface area contributed by atoms with E-state index >= 15 is 0 Å². The molecule has 0 atom stereocenters. The van der Waals surface area contributed by atoms with Gasteiger partial charge in [0.15, 0.2) is 11.5 Å². The van der Waals surface area contributed by atoms with Crippen LogP contribution in [-0.2, 0) is 0 Å². The van der Waals surface area contributed by atoms with E-state index in [2.05, 4.69) is 0 Å². The number of hydrogen-bond donors (Lipinski definition) is 0. The Balaban J connectivity index is 2.29. The molecular formula is C16H13IO5. The Bertz CT molecular complexity index is 694. The van der Waals surface area contributed by atoms with Gasteiger partial charge < -0.3 is 14.2 Å². The Morgan fingerprint density at radius 2 is 1.77 bits per heavy atom. The number of halogens is 1. The second kappa shape index (κ2) is 7.26. The van der Waals surface area contributed by atoms with Crippen LogP contribution in [0.15, 0.2) is 36.4 Å². The summed E-state index contributed by atoms with van der Waals surface area (Å²) < 4.78 is 16.2. The van der Waals surface area contributed by atoms with Crippen molar-refractivity contribution in [2.24, 2.45) is 0 Å². The molecule has 114 valence electrons. The van der Waals surface area contributed by atoms with Crippen molar-refractivity contribution in [1.82, 2.24) is 0 Å². The summed E-state index contributed by atoms with van der Waals surface area (Å²) in [5, 5.41) is 0. The van der Waals surface area contributed by atoms with Crippen LogP contribution in [0.3, 0.4) is 0 Å². The van der Waals surface area contributed by atoms with Gasteiger partial charge >= 0.3 is 5.97 Å². The van der Waals surface area contributed by atoms with Crippen molar-refractivity contribution in [3.8, 4) is 17.2 Å². The Morgan fingerprint density at radius 3 is 2.32 bits per heavy atom. The summed E-state index contributed by atoms with van der Waals surface area (Å²) in [5.74, 6) is 0.752. The van der Waals surface area contributed by atoms with Gasteiger partial charge in [0.05, 0.1) is 23.4 Å². The lowest BCUT2D eigenvalue weighted by Crippen LogP contribution is -2.10. The molecule has 0 unspecified atom stereocenters. The van der Waals surface area contributed by atoms with Crippen LogP contribution in [0.2, 0.25) is 0 Å². The third kappa shape index (κ3) is 3.56. The molecule has 0 radical (unpaired) electrons. The minimum absolute atomic E-state index is 0.287. The molecular weight excluding hydrogens is 399 g/mol. The quantitative estimate of drug-likeness (QED) is 0.326. The summed E-state index contributed by atoms with van der Waals surface area (Å²) in [5.41, 5.74) is 0.837. The van der Waals surface area contributed by atoms with E-state index < -0.39 is 5.97 Å². The zero-order valence-electron chi connectivity index (χ0n) is 12.0. The molecule has 0 aliphatic carbocycles. The lowest BCUT2D eigenvalue weighted by molar-refractivity contribution is 0.0728. The summed E-state index contributed by atoms with van der Waals surface area (Å²) in [6.45, 7) is 0. The van der Waals surface area contributed by atoms with Crippen molar-refractivity contribution in [2.75, 3.05) is 14.2 Å². The van der Waals surface area contributed by atoms with Gasteiger partial charge in [0.25, 0.3) is 0 Å². The number of hydrogen-bond acceptors (Lipinski definition) is 5. The third-order valence-corrected chi connectivity index (χ3v) is 3.71. The maximum Gasteiger partial charge on any atom is 0.343 e. The Hall–Kier alpha value is -2.09. The summed E-state index contributed by atoms with van der Waals surface area (Å²) in [6.07, 6.45) is 0.708. The molecule has 22 heavy (non-hydrogen) atoms. The number of esters is 1. The number of benzene rings is 2. The summed E-state index contributed by atoms with van der Waals surface area (Å²) in [4.78, 5) is 23.1. The SMILES string of the molecule is COc1ccc(C(=O)Oc2c(I)cc(C=O)cc2OC)cc1. The van der Waals surface area contributed by atoms with E-state index in [1.54, 1.807) is 37.4 Å². The molecule has 0 heterocycles. The third-order valence-electron chi connectivity index (χ3n) is 2.91. The average molecular weight is 412 g/mol. The van der Waals surface area contributed by atoms with Crippen molar-refractivity contribution in [3.05, 3.63) is 51.1 Å². The predicted octanol–water partition coefficient (Wildman–Crippen LogP) is 3.34. The fourth-order valence-corrected chi connectivity index (χ4v) is 2.52. The molecule has 2 aromatic rings. The number of ether oxygens (including phenoxy) is 3. The topological polar surface area (TPSA) is 61.8 Å². The van der Waals surface area contributed by atoms with Crippen molar-refractivity contribution < 1.29 is 23.8 Å². The predicted molar refractivity (Wildman–Crippen MR) is 89.1 cm³/mol. The molecule has 0 spiro atoms. The number of methoxy groups -OCH3 is 2. The molecule has 0 saturated carbocycles. The highest BCUT2D eigenvalue weighted by Gasteiger charge is 2.16. The Kier molecular flexibility index (Phi) is 5.37. The van der Waals surface area contributed by atoms with Crippen LogP contribution in [-0.4, -0.2) is 26.5 Å². The molecule has 2 rings (SSSR count). The normalized spacial score (nSPS) is 9.95. The van der Waals surface area contributed by atoms with Gasteiger partial charge in [-0.05, 0) is 59.0 Å². The van der Waals surface area contributed by atoms with Gasteiger partial charge in [0, 0.05) is 5.56 Å². The van der Waals surface area contributed by atoms with Crippen molar-refractivity contribution in [1.29, 1.82) is 0 Å². The molecule has 2 aromatic carbocycles. The lowest BCUT2D eigenvalue weighted by Gasteiger charge is -2.12. The minimum Gasteiger partial charge on any atom is -0.497 e. The standard InChI is InChI=1S/C16H13IO5/c1-20-12-5-3-11(4-6-12)16(19)22-15-13(17)7-10(9-18)8-14(15)21-2/h3-9H,1-2H3. The summed E-state index contributed by atoms with van der Waals surface area (Å²) >= 11 is 1.99. The zero-order valence-corrected chi connectivity index (χ0v) is 14.1. The maximum atomic E-state index is 12.2. The number of rotatable bonds is 5. The highest BCUT2D eigenvalue weighted by Crippen LogP contribution is 2.34. The second-order valence-corrected chi connectivity index (χ2v) is 5.43. The van der Waals surface area contributed by atoms with Gasteiger partial charge in [-0.15, -0.1) is 0 Å². The van der Waals surface area contributed by atoms with Gasteiger partial charge in [-0.3, -0.25) is 4.79 Å². The van der Waals surface area contributed by atoms with Crippen molar-refractivity contribution >= 4 is 34.8 Å². The molecule has 0 N–H and O–H groups in total. The Morgan fingerprint density at radius 1 is 1.09 bits per heavy atom. The van der Waals surface area contributed by atoms with Crippen LogP contribution in [0.4, 0.5) is 0 Å². The molecule has 0 aliphatic heterocycles. The van der Waals surface area contributed by atoms with Crippen molar-refractivity contribution in [2.45, 2.75) is 0 Å². The average Bonchev–Trinajstić information content (AvgIpc) is 2.56. The van der Waals surface area contributed by atoms with Gasteiger partial charge in [-0.2, -0.15) is 0 Å². The van der Waals surface area contributed by atoms with Crippen LogP contribution in [0.1, 0.15) is 20.7 Å². The first-order chi connectivity index (χ1) is 10.6. The van der Waals surface area contributed by atoms with Crippen molar-refractivity contribution in [3.63, 3.8) is 0 Å². The van der Waals surface area contributed by atoms with E-state index in [-0.39, 0.29) is 5.75 Å². The van der Waals surface area contributed by atoms with Gasteiger partial charge in [-0.1, -0.05) is 0 Å². The summed E-state index contributed by atoms with van der Waals surface area (Å²) in [6, 6.07) is 9.71. The van der Waals surface area contributed by atoms with E-state index in [4.69, 9.17) is 14.2 Å². The van der Waals surface area contributed by atoms with Crippen LogP contribution in [0.5, 0.6) is 17.2 Å². The highest BCUT2D eigenvalue weighted by atomic mass is 127. The van der Waals surface area contributed by atoms with Crippen LogP contribution < -0.4 is 14.2 Å². The van der Waals surface area contributed by atoms with Gasteiger partial charge in [-0.25, -0.2) is 4.79 Å². The monoisotopic (exact) mass is 412 g/mol. The molecule has 0 aromatic heterocycles. The first-order valence-corrected chi connectivity index (χ1v) is 7.36. The lowest BCUT2D eigenvalue weighted by atomic mass is 10.2. The van der Waals surface area contributed by atoms with E-state index in [9.17, 15) is 9.59 Å². The van der Waals surface area contributed by atoms with Gasteiger partial charge in [0.2, 0.25) is 0 Å². The molecule has 5 nitrogen and oxygen atoms in total. The molecule has 0 amide bonds. The van der Waals surface area contributed by atoms with Crippen LogP contribution in [0, 0.1) is 3.57 Å². The summed E-state index contributed by atoms with van der Waals surface area (Å²) in [7, 11) is 3.00. The molecule has 6 heteroatoms. The van der Waals surface area contributed by atoms with E-state index in [1.165, 1.54) is 13.2 Å². The highest BCUT2D eigenvalue weighted by molar-refractivity contribution is 14.1. The van der Waals surface area contributed by atoms with E-state index in [0.29, 0.717) is 32.5 Å². The first-order valence-electron chi connectivity index (χ1n) is 6.28. The van der Waals surface area contributed by atoms with Crippen LogP contribution in [0.25, 0.3) is 0 Å². The second-order valence-electron chi connectivity index (χ2n) is 4.27. The number of carbonyl (C=O) groups is 2. The van der Waals surface area contributed by atoms with E-state index in [0.717, 1.165) is 0 Å². The van der Waals surface area contributed by atoms with Gasteiger partial charge in [0.1, 0.15) is 12.0 Å². The first kappa shape index (κ1) is 16.3. The molecule has 0 fully saturated rings. The smallest absolute Gasteiger partial charge is 0.343 e. The number of carbonyl (C=O) groups excluding carboxylic acids is 2. The minimum atomic E-state index is -0.516. The fraction of sp³-hybridized carbons (Fsp3) is 0.125. The van der Waals surface area contributed by atoms with Crippen LogP contribution >= 0.6 is 22.6 Å². The maximum absolute atomic E-state index is 12.2. The fourth-order valence-electron chi connectivity index (χ4n) is 1.79. The molecule has 0 saturated heterocycles. The Labute approximate surface area is 141 Å². The number of aldehydes is 1. The zero-order chi connectivity index (χ0) is 16.1. The molecule has 0 aliphatic rings. The largest absolute Gasteiger partial charge is 0.497 e. The van der Waals surface area contributed by atoms with E-state index in [1.807, 2.05) is 22.6 Å². The molecule has 0 bridgehead atoms.